The molecule has 1 aromatic heterocycles. The number of thiocarbonyl (C=S) groups is 1. The van der Waals surface area contributed by atoms with Crippen molar-refractivity contribution in [2.24, 2.45) is 5.73 Å². The fourth-order valence-electron chi connectivity index (χ4n) is 2.43. The number of rotatable bonds is 3. The molecule has 1 aliphatic heterocycles. The number of anilines is 2. The maximum atomic E-state index is 5.67. The van der Waals surface area contributed by atoms with Crippen LogP contribution in [0.15, 0.2) is 34.2 Å². The summed E-state index contributed by atoms with van der Waals surface area (Å²) in [4.78, 5) is 9.51. The number of thiazole rings is 1. The highest BCUT2D eigenvalue weighted by molar-refractivity contribution is 9.10. The van der Waals surface area contributed by atoms with Crippen LogP contribution >= 0.6 is 39.5 Å². The summed E-state index contributed by atoms with van der Waals surface area (Å²) in [6.07, 6.45) is 1.86. The van der Waals surface area contributed by atoms with Crippen LogP contribution in [0.5, 0.6) is 0 Å². The third-order valence-electron chi connectivity index (χ3n) is 3.54. The summed E-state index contributed by atoms with van der Waals surface area (Å²) in [5.41, 5.74) is 7.75. The van der Waals surface area contributed by atoms with E-state index in [-0.39, 0.29) is 0 Å². The van der Waals surface area contributed by atoms with Crippen molar-refractivity contribution in [1.29, 1.82) is 0 Å². The van der Waals surface area contributed by atoms with Crippen molar-refractivity contribution < 1.29 is 0 Å². The number of benzene rings is 1. The van der Waals surface area contributed by atoms with Crippen LogP contribution in [0.2, 0.25) is 0 Å². The Kier molecular flexibility index (Phi) is 4.42. The van der Waals surface area contributed by atoms with Crippen LogP contribution in [0.1, 0.15) is 5.56 Å². The number of nitrogens with two attached hydrogens (primary N) is 1. The van der Waals surface area contributed by atoms with Crippen LogP contribution in [0.3, 0.4) is 0 Å². The van der Waals surface area contributed by atoms with Gasteiger partial charge in [-0.3, -0.25) is 0 Å². The lowest BCUT2D eigenvalue weighted by atomic mass is 10.2. The van der Waals surface area contributed by atoms with Crippen molar-refractivity contribution in [1.82, 2.24) is 4.98 Å². The number of hydrogen-bond acceptors (Lipinski definition) is 5. The molecule has 0 amide bonds. The van der Waals surface area contributed by atoms with Gasteiger partial charge in [0.15, 0.2) is 5.13 Å². The molecule has 2 heterocycles. The molecular weight excluding hydrogens is 368 g/mol. The smallest absolute Gasteiger partial charge is 0.185 e. The van der Waals surface area contributed by atoms with E-state index in [1.165, 1.54) is 5.69 Å². The SMILES string of the molecule is NC(=S)c1ccc(N2CCN(c3nccs3)CC2)c(Br)c1. The second kappa shape index (κ2) is 6.29. The van der Waals surface area contributed by atoms with Gasteiger partial charge >= 0.3 is 0 Å². The van der Waals surface area contributed by atoms with Gasteiger partial charge in [0.1, 0.15) is 4.99 Å². The molecule has 0 bridgehead atoms. The summed E-state index contributed by atoms with van der Waals surface area (Å²) in [7, 11) is 0. The van der Waals surface area contributed by atoms with Crippen molar-refractivity contribution in [2.45, 2.75) is 0 Å². The van der Waals surface area contributed by atoms with E-state index in [1.54, 1.807) is 11.3 Å². The number of nitrogens with zero attached hydrogens (tertiary/aromatic N) is 3. The molecule has 4 nitrogen and oxygen atoms in total. The Bertz CT molecular complexity index is 636. The van der Waals surface area contributed by atoms with Crippen LogP contribution in [0.25, 0.3) is 0 Å². The largest absolute Gasteiger partial charge is 0.389 e. The van der Waals surface area contributed by atoms with Crippen molar-refractivity contribution in [2.75, 3.05) is 36.0 Å². The molecule has 0 atom stereocenters. The van der Waals surface area contributed by atoms with Crippen LogP contribution in [-0.2, 0) is 0 Å². The normalized spacial score (nSPS) is 15.3. The lowest BCUT2D eigenvalue weighted by Gasteiger charge is -2.36. The highest BCUT2D eigenvalue weighted by atomic mass is 79.9. The standard InChI is InChI=1S/C14H15BrN4S2/c15-11-9-10(13(16)20)1-2-12(11)18-4-6-19(7-5-18)14-17-3-8-21-14/h1-3,8-9H,4-7H2,(H2,16,20). The van der Waals surface area contributed by atoms with Gasteiger partial charge in [-0.15, -0.1) is 11.3 Å². The fourth-order valence-corrected chi connectivity index (χ4v) is 3.88. The summed E-state index contributed by atoms with van der Waals surface area (Å²) < 4.78 is 1.04. The first kappa shape index (κ1) is 14.7. The van der Waals surface area contributed by atoms with E-state index in [1.807, 2.05) is 23.7 Å². The Morgan fingerprint density at radius 1 is 1.24 bits per heavy atom. The van der Waals surface area contributed by atoms with E-state index < -0.39 is 0 Å². The maximum Gasteiger partial charge on any atom is 0.185 e. The summed E-state index contributed by atoms with van der Waals surface area (Å²) >= 11 is 10.3. The summed E-state index contributed by atoms with van der Waals surface area (Å²) in [6.45, 7) is 3.92. The van der Waals surface area contributed by atoms with Gasteiger partial charge in [0.25, 0.3) is 0 Å². The average Bonchev–Trinajstić information content (AvgIpc) is 3.01. The molecule has 1 saturated heterocycles. The molecule has 21 heavy (non-hydrogen) atoms. The predicted molar refractivity (Wildman–Crippen MR) is 96.6 cm³/mol. The molecule has 1 fully saturated rings. The topological polar surface area (TPSA) is 45.4 Å². The van der Waals surface area contributed by atoms with Gasteiger partial charge in [0.05, 0.1) is 5.69 Å². The number of hydrogen-bond donors (Lipinski definition) is 1. The second-order valence-corrected chi connectivity index (χ2v) is 6.99. The molecule has 1 aliphatic rings. The number of halogens is 1. The molecule has 0 radical (unpaired) electrons. The highest BCUT2D eigenvalue weighted by Gasteiger charge is 2.20. The first-order valence-corrected chi connectivity index (χ1v) is 8.72. The number of aromatic nitrogens is 1. The Labute approximate surface area is 141 Å². The molecule has 110 valence electrons. The fraction of sp³-hybridized carbons (Fsp3) is 0.286. The van der Waals surface area contributed by atoms with Crippen LogP contribution in [0.4, 0.5) is 10.8 Å². The third-order valence-corrected chi connectivity index (χ3v) is 5.25. The quantitative estimate of drug-likeness (QED) is 0.826. The Morgan fingerprint density at radius 3 is 2.52 bits per heavy atom. The zero-order valence-corrected chi connectivity index (χ0v) is 14.5. The Balaban J connectivity index is 1.71. The average molecular weight is 383 g/mol. The van der Waals surface area contributed by atoms with Crippen LogP contribution in [0, 0.1) is 0 Å². The van der Waals surface area contributed by atoms with Crippen LogP contribution < -0.4 is 15.5 Å². The van der Waals surface area contributed by atoms with Crippen molar-refractivity contribution >= 4 is 55.3 Å². The third kappa shape index (κ3) is 3.20. The molecular formula is C14H15BrN4S2. The molecule has 0 aliphatic carbocycles. The monoisotopic (exact) mass is 382 g/mol. The van der Waals surface area contributed by atoms with Crippen molar-refractivity contribution in [3.63, 3.8) is 0 Å². The van der Waals surface area contributed by atoms with Gasteiger partial charge in [-0.2, -0.15) is 0 Å². The molecule has 3 rings (SSSR count). The minimum Gasteiger partial charge on any atom is -0.389 e. The Hall–Kier alpha value is -1.18. The Morgan fingerprint density at radius 2 is 1.95 bits per heavy atom. The van der Waals surface area contributed by atoms with E-state index in [0.29, 0.717) is 4.99 Å². The van der Waals surface area contributed by atoms with Gasteiger partial charge < -0.3 is 15.5 Å². The molecule has 2 N–H and O–H groups in total. The molecule has 0 saturated carbocycles. The maximum absolute atomic E-state index is 5.67. The first-order valence-electron chi connectivity index (χ1n) is 6.64. The first-order chi connectivity index (χ1) is 10.1. The van der Waals surface area contributed by atoms with E-state index >= 15 is 0 Å². The summed E-state index contributed by atoms with van der Waals surface area (Å²) in [5, 5.41) is 3.13. The van der Waals surface area contributed by atoms with Crippen LogP contribution in [-0.4, -0.2) is 36.2 Å². The lowest BCUT2D eigenvalue weighted by Crippen LogP contribution is -2.46. The minimum absolute atomic E-state index is 0.427. The van der Waals surface area contributed by atoms with Gasteiger partial charge in [0.2, 0.25) is 0 Å². The van der Waals surface area contributed by atoms with E-state index in [9.17, 15) is 0 Å². The van der Waals surface area contributed by atoms with Crippen molar-refractivity contribution in [3.05, 3.63) is 39.8 Å². The zero-order valence-electron chi connectivity index (χ0n) is 11.3. The minimum atomic E-state index is 0.427. The van der Waals surface area contributed by atoms with Gasteiger partial charge in [-0.25, -0.2) is 4.98 Å². The number of piperazine rings is 1. The summed E-state index contributed by atoms with van der Waals surface area (Å²) in [6, 6.07) is 6.05. The molecule has 1 aromatic carbocycles. The van der Waals surface area contributed by atoms with E-state index in [0.717, 1.165) is 41.3 Å². The van der Waals surface area contributed by atoms with Gasteiger partial charge in [0, 0.05) is 47.8 Å². The second-order valence-electron chi connectivity index (χ2n) is 4.82. The van der Waals surface area contributed by atoms with E-state index in [2.05, 4.69) is 36.8 Å². The van der Waals surface area contributed by atoms with Crippen molar-refractivity contribution in [3.8, 4) is 0 Å². The molecule has 0 unspecified atom stereocenters. The summed E-state index contributed by atoms with van der Waals surface area (Å²) in [5.74, 6) is 0. The lowest BCUT2D eigenvalue weighted by molar-refractivity contribution is 0.651. The predicted octanol–water partition coefficient (Wildman–Crippen LogP) is 2.87. The molecule has 0 spiro atoms. The van der Waals surface area contributed by atoms with E-state index in [4.69, 9.17) is 18.0 Å². The molecule has 7 heteroatoms. The highest BCUT2D eigenvalue weighted by Crippen LogP contribution is 2.29. The van der Waals surface area contributed by atoms with Gasteiger partial charge in [-0.05, 0) is 34.1 Å². The van der Waals surface area contributed by atoms with Gasteiger partial charge in [-0.1, -0.05) is 12.2 Å². The molecule has 2 aromatic rings. The zero-order chi connectivity index (χ0) is 14.8.